The van der Waals surface area contributed by atoms with Crippen LogP contribution in [0.2, 0.25) is 0 Å². The van der Waals surface area contributed by atoms with Gasteiger partial charge >= 0.3 is 0 Å². The van der Waals surface area contributed by atoms with E-state index in [2.05, 4.69) is 25.7 Å². The summed E-state index contributed by atoms with van der Waals surface area (Å²) in [5.74, 6) is 3.02. The predicted molar refractivity (Wildman–Crippen MR) is 84.2 cm³/mol. The van der Waals surface area contributed by atoms with E-state index in [4.69, 9.17) is 0 Å². The molecule has 1 rings (SSSR count). The van der Waals surface area contributed by atoms with Gasteiger partial charge in [-0.15, -0.1) is 0 Å². The summed E-state index contributed by atoms with van der Waals surface area (Å²) in [6, 6.07) is 0. The van der Waals surface area contributed by atoms with E-state index < -0.39 is 0 Å². The van der Waals surface area contributed by atoms with Gasteiger partial charge in [0.25, 0.3) is 0 Å². The van der Waals surface area contributed by atoms with Gasteiger partial charge in [0.15, 0.2) is 0 Å². The molecule has 2 heteroatoms. The summed E-state index contributed by atoms with van der Waals surface area (Å²) >= 11 is 0. The second-order valence-corrected chi connectivity index (χ2v) is 7.54. The summed E-state index contributed by atoms with van der Waals surface area (Å²) in [6.07, 6.45) is 13.2. The summed E-state index contributed by atoms with van der Waals surface area (Å²) in [5, 5.41) is 0. The first-order chi connectivity index (χ1) is 9.61. The summed E-state index contributed by atoms with van der Waals surface area (Å²) in [6.45, 7) is 7.35. The van der Waals surface area contributed by atoms with Crippen molar-refractivity contribution in [3.8, 4) is 0 Å². The molecule has 0 aromatic carbocycles. The smallest absolute Gasteiger partial charge is 0.0904 e. The molecular weight excluding hydrogens is 251 g/mol. The maximum Gasteiger partial charge on any atom is 0.0904 e. The molecule has 1 aliphatic rings. The third-order valence-corrected chi connectivity index (χ3v) is 4.98. The maximum absolute atomic E-state index is 11.9. The Morgan fingerprint density at radius 3 is 2.40 bits per heavy atom. The lowest BCUT2D eigenvalue weighted by molar-refractivity contribution is -0.149. The zero-order valence-electron chi connectivity index (χ0n) is 13.9. The van der Waals surface area contributed by atoms with Gasteiger partial charge in [-0.3, -0.25) is 0 Å². The van der Waals surface area contributed by atoms with Crippen LogP contribution in [-0.4, -0.2) is 6.61 Å². The molecule has 1 nitrogen and oxygen atoms in total. The second kappa shape index (κ2) is 10.6. The van der Waals surface area contributed by atoms with E-state index in [1.54, 1.807) is 0 Å². The second-order valence-electron chi connectivity index (χ2n) is 7.54. The molecule has 0 heterocycles. The van der Waals surface area contributed by atoms with Crippen LogP contribution in [0.15, 0.2) is 0 Å². The van der Waals surface area contributed by atoms with Crippen LogP contribution >= 0.6 is 0 Å². The van der Waals surface area contributed by atoms with Crippen LogP contribution in [0.1, 0.15) is 85.0 Å². The summed E-state index contributed by atoms with van der Waals surface area (Å²) in [4.78, 5) is 3.84. The Hall–Kier alpha value is -0.110. The topological polar surface area (TPSA) is 9.23 Å². The Labute approximate surface area is 125 Å². The Morgan fingerprint density at radius 2 is 1.70 bits per heavy atom. The molecule has 120 valence electrons. The highest BCUT2D eigenvalue weighted by atomic mass is 19.3. The van der Waals surface area contributed by atoms with Crippen molar-refractivity contribution in [2.45, 2.75) is 85.0 Å². The van der Waals surface area contributed by atoms with Gasteiger partial charge in [-0.2, -0.15) is 4.94 Å². The van der Waals surface area contributed by atoms with Crippen LogP contribution < -0.4 is 0 Å². The quantitative estimate of drug-likeness (QED) is 0.456. The van der Waals surface area contributed by atoms with Crippen molar-refractivity contribution in [3.63, 3.8) is 0 Å². The molecule has 0 aliphatic heterocycles. The third kappa shape index (κ3) is 8.24. The largest absolute Gasteiger partial charge is 0.194 e. The Balaban J connectivity index is 2.04. The summed E-state index contributed by atoms with van der Waals surface area (Å²) < 4.78 is 11.9. The number of hydrogen-bond donors (Lipinski definition) is 0. The van der Waals surface area contributed by atoms with Gasteiger partial charge < -0.3 is 0 Å². The average molecular weight is 286 g/mol. The van der Waals surface area contributed by atoms with Crippen molar-refractivity contribution < 1.29 is 9.47 Å². The first-order valence-corrected chi connectivity index (χ1v) is 8.85. The van der Waals surface area contributed by atoms with Crippen molar-refractivity contribution in [1.29, 1.82) is 0 Å². The van der Waals surface area contributed by atoms with E-state index in [9.17, 15) is 4.53 Å². The van der Waals surface area contributed by atoms with E-state index in [-0.39, 0.29) is 0 Å². The van der Waals surface area contributed by atoms with Crippen molar-refractivity contribution in [1.82, 2.24) is 0 Å². The highest BCUT2D eigenvalue weighted by Gasteiger charge is 2.22. The molecule has 1 saturated carbocycles. The lowest BCUT2D eigenvalue weighted by Gasteiger charge is -2.28. The highest BCUT2D eigenvalue weighted by Crippen LogP contribution is 2.33. The zero-order chi connectivity index (χ0) is 14.8. The molecule has 3 atom stereocenters. The molecule has 0 N–H and O–H groups in total. The number of rotatable bonds is 10. The Bertz CT molecular complexity index is 227. The van der Waals surface area contributed by atoms with Crippen molar-refractivity contribution in [2.24, 2.45) is 23.7 Å². The standard InChI is InChI=1S/C18H35FO/c1-15(2)7-4-8-16(3)9-5-10-17-11-6-12-18(13-17)14-20-19/h15-18H,4-14H2,1-3H3. The van der Waals surface area contributed by atoms with E-state index in [1.807, 2.05) is 0 Å². The minimum absolute atomic E-state index is 0.322. The van der Waals surface area contributed by atoms with E-state index >= 15 is 0 Å². The summed E-state index contributed by atoms with van der Waals surface area (Å²) in [7, 11) is 0. The molecule has 0 aromatic heterocycles. The molecule has 0 amide bonds. The van der Waals surface area contributed by atoms with Crippen molar-refractivity contribution in [3.05, 3.63) is 0 Å². The third-order valence-electron chi connectivity index (χ3n) is 4.98. The van der Waals surface area contributed by atoms with Gasteiger partial charge in [-0.25, -0.2) is 0 Å². The van der Waals surface area contributed by atoms with Crippen LogP contribution in [0.4, 0.5) is 4.53 Å². The predicted octanol–water partition coefficient (Wildman–Crippen LogP) is 6.33. The van der Waals surface area contributed by atoms with Crippen LogP contribution in [0.3, 0.4) is 0 Å². The highest BCUT2D eigenvalue weighted by molar-refractivity contribution is 4.73. The lowest BCUT2D eigenvalue weighted by atomic mass is 9.79. The number of halogens is 1. The van der Waals surface area contributed by atoms with Crippen LogP contribution in [-0.2, 0) is 4.94 Å². The van der Waals surface area contributed by atoms with Crippen molar-refractivity contribution >= 4 is 0 Å². The SMILES string of the molecule is CC(C)CCCC(C)CCCC1CCCC(COF)C1. The first kappa shape index (κ1) is 17.9. The first-order valence-electron chi connectivity index (χ1n) is 8.85. The van der Waals surface area contributed by atoms with E-state index in [1.165, 1.54) is 57.8 Å². The van der Waals surface area contributed by atoms with Gasteiger partial charge in [-0.1, -0.05) is 72.1 Å². The minimum atomic E-state index is 0.322. The van der Waals surface area contributed by atoms with Gasteiger partial charge in [0.05, 0.1) is 6.61 Å². The zero-order valence-corrected chi connectivity index (χ0v) is 13.9. The maximum atomic E-state index is 11.9. The van der Waals surface area contributed by atoms with Crippen molar-refractivity contribution in [2.75, 3.05) is 6.61 Å². The molecule has 1 fully saturated rings. The Morgan fingerprint density at radius 1 is 1.00 bits per heavy atom. The molecule has 3 unspecified atom stereocenters. The fourth-order valence-corrected chi connectivity index (χ4v) is 3.68. The Kier molecular flexibility index (Phi) is 9.50. The fraction of sp³-hybridized carbons (Fsp3) is 1.00. The molecular formula is C18H35FO. The van der Waals surface area contributed by atoms with Gasteiger partial charge in [0.1, 0.15) is 0 Å². The normalized spacial score (nSPS) is 25.1. The van der Waals surface area contributed by atoms with Crippen LogP contribution in [0.5, 0.6) is 0 Å². The summed E-state index contributed by atoms with van der Waals surface area (Å²) in [5.41, 5.74) is 0. The average Bonchev–Trinajstić information content (AvgIpc) is 2.39. The molecule has 20 heavy (non-hydrogen) atoms. The number of hydrogen-bond acceptors (Lipinski definition) is 1. The molecule has 0 spiro atoms. The molecule has 0 radical (unpaired) electrons. The fourth-order valence-electron chi connectivity index (χ4n) is 3.68. The molecule has 1 aliphatic carbocycles. The molecule has 0 aromatic rings. The van der Waals surface area contributed by atoms with Crippen LogP contribution in [0.25, 0.3) is 0 Å². The lowest BCUT2D eigenvalue weighted by Crippen LogP contribution is -2.19. The van der Waals surface area contributed by atoms with E-state index in [0.717, 1.165) is 24.2 Å². The van der Waals surface area contributed by atoms with Gasteiger partial charge in [0, 0.05) is 0 Å². The molecule has 0 bridgehead atoms. The minimum Gasteiger partial charge on any atom is -0.194 e. The van der Waals surface area contributed by atoms with E-state index in [0.29, 0.717) is 12.5 Å². The van der Waals surface area contributed by atoms with Gasteiger partial charge in [-0.05, 0) is 41.0 Å². The molecule has 0 saturated heterocycles. The van der Waals surface area contributed by atoms with Crippen LogP contribution in [0, 0.1) is 23.7 Å². The van der Waals surface area contributed by atoms with Gasteiger partial charge in [0.2, 0.25) is 0 Å². The monoisotopic (exact) mass is 286 g/mol.